The van der Waals surface area contributed by atoms with Crippen molar-refractivity contribution in [2.45, 2.75) is 37.8 Å². The van der Waals surface area contributed by atoms with Gasteiger partial charge in [0.25, 0.3) is 0 Å². The van der Waals surface area contributed by atoms with Crippen LogP contribution in [0.2, 0.25) is 0 Å². The standard InChI is InChI=1S/C16H28BrN5/c1-18-11-14(15-16(17)20(2)12-19-15)22-9-7-21(8-10-22)13-5-3-4-6-13/h12-14,18H,3-11H2,1-2H3. The van der Waals surface area contributed by atoms with Gasteiger partial charge in [-0.2, -0.15) is 0 Å². The average Bonchev–Trinajstić information content (AvgIpc) is 3.18. The van der Waals surface area contributed by atoms with Gasteiger partial charge in [-0.25, -0.2) is 4.98 Å². The third-order valence-corrected chi connectivity index (χ3v) is 6.20. The molecule has 0 aromatic carbocycles. The van der Waals surface area contributed by atoms with E-state index < -0.39 is 0 Å². The van der Waals surface area contributed by atoms with Crippen LogP contribution in [0.1, 0.15) is 37.4 Å². The lowest BCUT2D eigenvalue weighted by molar-refractivity contribution is 0.0688. The number of imidazole rings is 1. The minimum atomic E-state index is 0.353. The van der Waals surface area contributed by atoms with Crippen molar-refractivity contribution in [3.05, 3.63) is 16.6 Å². The summed E-state index contributed by atoms with van der Waals surface area (Å²) in [6, 6.07) is 1.21. The molecule has 6 heteroatoms. The van der Waals surface area contributed by atoms with Crippen molar-refractivity contribution in [1.29, 1.82) is 0 Å². The van der Waals surface area contributed by atoms with Gasteiger partial charge >= 0.3 is 0 Å². The molecular formula is C16H28BrN5. The predicted molar refractivity (Wildman–Crippen MR) is 93.0 cm³/mol. The Balaban J connectivity index is 1.65. The van der Waals surface area contributed by atoms with Gasteiger partial charge in [0.1, 0.15) is 4.60 Å². The number of hydrogen-bond acceptors (Lipinski definition) is 4. The Morgan fingerprint density at radius 3 is 2.50 bits per heavy atom. The molecule has 2 aliphatic rings. The van der Waals surface area contributed by atoms with Gasteiger partial charge in [0, 0.05) is 45.8 Å². The van der Waals surface area contributed by atoms with Crippen LogP contribution in [0.4, 0.5) is 0 Å². The summed E-state index contributed by atoms with van der Waals surface area (Å²) >= 11 is 3.69. The number of likely N-dealkylation sites (N-methyl/N-ethyl adjacent to an activating group) is 1. The molecule has 2 heterocycles. The van der Waals surface area contributed by atoms with Crippen LogP contribution in [0.15, 0.2) is 10.9 Å². The minimum absolute atomic E-state index is 0.353. The fourth-order valence-corrected chi connectivity index (χ4v) is 4.39. The highest BCUT2D eigenvalue weighted by Crippen LogP contribution is 2.29. The van der Waals surface area contributed by atoms with Crippen molar-refractivity contribution in [3.63, 3.8) is 0 Å². The topological polar surface area (TPSA) is 36.3 Å². The zero-order chi connectivity index (χ0) is 15.5. The minimum Gasteiger partial charge on any atom is -0.328 e. The molecule has 1 saturated carbocycles. The molecule has 1 aromatic heterocycles. The highest BCUT2D eigenvalue weighted by molar-refractivity contribution is 9.10. The second kappa shape index (κ2) is 7.43. The Labute approximate surface area is 142 Å². The van der Waals surface area contributed by atoms with Crippen LogP contribution >= 0.6 is 15.9 Å². The average molecular weight is 370 g/mol. The number of aromatic nitrogens is 2. The Kier molecular flexibility index (Phi) is 5.55. The predicted octanol–water partition coefficient (Wildman–Crippen LogP) is 2.00. The molecule has 3 rings (SSSR count). The number of nitrogens with zero attached hydrogens (tertiary/aromatic N) is 4. The van der Waals surface area contributed by atoms with Crippen LogP contribution in [-0.4, -0.2) is 65.2 Å². The molecule has 1 aliphatic heterocycles. The van der Waals surface area contributed by atoms with Gasteiger partial charge in [-0.05, 0) is 35.8 Å². The van der Waals surface area contributed by atoms with Crippen molar-refractivity contribution in [2.24, 2.45) is 7.05 Å². The van der Waals surface area contributed by atoms with E-state index in [1.54, 1.807) is 0 Å². The van der Waals surface area contributed by atoms with E-state index >= 15 is 0 Å². The largest absolute Gasteiger partial charge is 0.328 e. The summed E-state index contributed by atoms with van der Waals surface area (Å²) in [7, 11) is 4.06. The van der Waals surface area contributed by atoms with Crippen LogP contribution in [-0.2, 0) is 7.05 Å². The number of nitrogens with one attached hydrogen (secondary N) is 1. The highest BCUT2D eigenvalue weighted by Gasteiger charge is 2.31. The van der Waals surface area contributed by atoms with Crippen molar-refractivity contribution in [2.75, 3.05) is 39.8 Å². The molecule has 124 valence electrons. The molecule has 0 radical (unpaired) electrons. The number of piperazine rings is 1. The zero-order valence-corrected chi connectivity index (χ0v) is 15.3. The number of rotatable bonds is 5. The van der Waals surface area contributed by atoms with Crippen molar-refractivity contribution < 1.29 is 0 Å². The molecule has 1 saturated heterocycles. The maximum atomic E-state index is 4.63. The van der Waals surface area contributed by atoms with E-state index in [1.807, 2.05) is 25.0 Å². The number of hydrogen-bond donors (Lipinski definition) is 1. The van der Waals surface area contributed by atoms with Gasteiger partial charge in [-0.1, -0.05) is 12.8 Å². The summed E-state index contributed by atoms with van der Waals surface area (Å²) in [5.74, 6) is 0. The van der Waals surface area contributed by atoms with E-state index in [1.165, 1.54) is 38.8 Å². The smallest absolute Gasteiger partial charge is 0.109 e. The Morgan fingerprint density at radius 1 is 1.27 bits per heavy atom. The third-order valence-electron chi connectivity index (χ3n) is 5.23. The van der Waals surface area contributed by atoms with E-state index in [0.29, 0.717) is 6.04 Å². The molecule has 0 amide bonds. The lowest BCUT2D eigenvalue weighted by Gasteiger charge is -2.41. The first-order chi connectivity index (χ1) is 10.7. The zero-order valence-electron chi connectivity index (χ0n) is 13.8. The molecule has 1 N–H and O–H groups in total. The summed E-state index contributed by atoms with van der Waals surface area (Å²) in [6.07, 6.45) is 7.57. The summed E-state index contributed by atoms with van der Waals surface area (Å²) in [6.45, 7) is 5.64. The molecular weight excluding hydrogens is 342 g/mol. The second-order valence-electron chi connectivity index (χ2n) is 6.62. The lowest BCUT2D eigenvalue weighted by Crippen LogP contribution is -2.51. The quantitative estimate of drug-likeness (QED) is 0.860. The number of halogens is 1. The molecule has 1 atom stereocenters. The molecule has 1 aliphatic carbocycles. The molecule has 2 fully saturated rings. The monoisotopic (exact) mass is 369 g/mol. The van der Waals surface area contributed by atoms with E-state index in [2.05, 4.69) is 36.0 Å². The summed E-state index contributed by atoms with van der Waals surface area (Å²) in [5, 5.41) is 3.34. The maximum Gasteiger partial charge on any atom is 0.109 e. The van der Waals surface area contributed by atoms with Crippen molar-refractivity contribution in [3.8, 4) is 0 Å². The fraction of sp³-hybridized carbons (Fsp3) is 0.812. The van der Waals surface area contributed by atoms with Crippen LogP contribution < -0.4 is 5.32 Å². The van der Waals surface area contributed by atoms with Crippen LogP contribution in [0.5, 0.6) is 0 Å². The van der Waals surface area contributed by atoms with Crippen LogP contribution in [0.3, 0.4) is 0 Å². The fourth-order valence-electron chi connectivity index (χ4n) is 3.93. The second-order valence-corrected chi connectivity index (χ2v) is 7.37. The lowest BCUT2D eigenvalue weighted by atomic mass is 10.1. The van der Waals surface area contributed by atoms with Crippen LogP contribution in [0, 0.1) is 0 Å². The van der Waals surface area contributed by atoms with Gasteiger partial charge in [0.2, 0.25) is 0 Å². The molecule has 5 nitrogen and oxygen atoms in total. The van der Waals surface area contributed by atoms with E-state index in [9.17, 15) is 0 Å². The Bertz CT molecular complexity index is 475. The normalized spacial score (nSPS) is 23.2. The van der Waals surface area contributed by atoms with E-state index in [4.69, 9.17) is 0 Å². The summed E-state index contributed by atoms with van der Waals surface area (Å²) in [5.41, 5.74) is 1.16. The van der Waals surface area contributed by atoms with Gasteiger partial charge in [-0.3, -0.25) is 9.80 Å². The van der Waals surface area contributed by atoms with Crippen molar-refractivity contribution >= 4 is 15.9 Å². The van der Waals surface area contributed by atoms with E-state index in [0.717, 1.165) is 36.0 Å². The SMILES string of the molecule is CNCC(c1ncn(C)c1Br)N1CCN(C2CCCC2)CC1. The molecule has 0 spiro atoms. The molecule has 0 bridgehead atoms. The van der Waals surface area contributed by atoms with Gasteiger partial charge < -0.3 is 9.88 Å². The first-order valence-corrected chi connectivity index (χ1v) is 9.29. The maximum absolute atomic E-state index is 4.63. The van der Waals surface area contributed by atoms with Gasteiger partial charge in [-0.15, -0.1) is 0 Å². The van der Waals surface area contributed by atoms with Gasteiger partial charge in [0.05, 0.1) is 18.1 Å². The highest BCUT2D eigenvalue weighted by atomic mass is 79.9. The Morgan fingerprint density at radius 2 is 1.95 bits per heavy atom. The van der Waals surface area contributed by atoms with Crippen molar-refractivity contribution in [1.82, 2.24) is 24.7 Å². The van der Waals surface area contributed by atoms with Crippen LogP contribution in [0.25, 0.3) is 0 Å². The summed E-state index contributed by atoms with van der Waals surface area (Å²) in [4.78, 5) is 9.93. The van der Waals surface area contributed by atoms with Gasteiger partial charge in [0.15, 0.2) is 0 Å². The van der Waals surface area contributed by atoms with E-state index in [-0.39, 0.29) is 0 Å². The molecule has 22 heavy (non-hydrogen) atoms. The molecule has 1 aromatic rings. The summed E-state index contributed by atoms with van der Waals surface area (Å²) < 4.78 is 3.15. The third kappa shape index (κ3) is 3.40. The molecule has 1 unspecified atom stereocenters. The Hall–Kier alpha value is -0.430. The first kappa shape index (κ1) is 16.4. The first-order valence-electron chi connectivity index (χ1n) is 8.50. The number of aryl methyl sites for hydroxylation is 1.